The van der Waals surface area contributed by atoms with E-state index in [1.807, 2.05) is 43.3 Å². The van der Waals surface area contributed by atoms with Crippen molar-refractivity contribution < 1.29 is 9.59 Å². The summed E-state index contributed by atoms with van der Waals surface area (Å²) in [6.45, 7) is 2.34. The molecular weight excluding hydrogens is 448 g/mol. The number of hydrogen-bond donors (Lipinski definition) is 3. The highest BCUT2D eigenvalue weighted by molar-refractivity contribution is 7.09. The van der Waals surface area contributed by atoms with Gasteiger partial charge in [-0.05, 0) is 44.1 Å². The number of amides is 3. The minimum absolute atomic E-state index is 0.107. The molecule has 3 rings (SSSR count). The molecule has 9 heteroatoms. The van der Waals surface area contributed by atoms with Crippen LogP contribution in [-0.4, -0.2) is 60.5 Å². The van der Waals surface area contributed by atoms with Gasteiger partial charge in [0.1, 0.15) is 5.69 Å². The number of rotatable bonds is 11. The van der Waals surface area contributed by atoms with Gasteiger partial charge in [0.15, 0.2) is 0 Å². The quantitative estimate of drug-likeness (QED) is 0.363. The maximum atomic E-state index is 12.9. The molecule has 0 bridgehead atoms. The number of nitrogen functional groups attached to an aromatic ring is 1. The Morgan fingerprint density at radius 1 is 1.03 bits per heavy atom. The number of benzene rings is 1. The number of urea groups is 1. The molecule has 0 aliphatic rings. The van der Waals surface area contributed by atoms with Crippen LogP contribution in [0.2, 0.25) is 0 Å². The van der Waals surface area contributed by atoms with E-state index in [9.17, 15) is 9.59 Å². The van der Waals surface area contributed by atoms with Gasteiger partial charge in [0.05, 0.1) is 11.4 Å². The lowest BCUT2D eigenvalue weighted by molar-refractivity contribution is 0.102. The van der Waals surface area contributed by atoms with Gasteiger partial charge >= 0.3 is 6.03 Å². The molecule has 0 spiro atoms. The molecule has 1 aromatic carbocycles. The molecule has 0 aliphatic heterocycles. The molecule has 0 saturated heterocycles. The summed E-state index contributed by atoms with van der Waals surface area (Å²) in [5.41, 5.74) is 9.34. The average molecular weight is 481 g/mol. The summed E-state index contributed by atoms with van der Waals surface area (Å²) < 4.78 is 0. The van der Waals surface area contributed by atoms with Crippen LogP contribution in [0.1, 0.15) is 28.0 Å². The number of hydrogen-bond acceptors (Lipinski definition) is 6. The number of anilines is 2. The molecule has 0 atom stereocenters. The number of pyridine rings is 1. The second-order valence-corrected chi connectivity index (χ2v) is 9.04. The van der Waals surface area contributed by atoms with Crippen LogP contribution in [0.5, 0.6) is 0 Å². The number of carbonyl (C=O) groups is 2. The van der Waals surface area contributed by atoms with Crippen LogP contribution in [0.3, 0.4) is 0 Å². The fourth-order valence-electron chi connectivity index (χ4n) is 3.29. The Morgan fingerprint density at radius 3 is 2.47 bits per heavy atom. The Kier molecular flexibility index (Phi) is 9.42. The fourth-order valence-corrected chi connectivity index (χ4v) is 3.96. The normalized spacial score (nSPS) is 10.8. The zero-order valence-electron chi connectivity index (χ0n) is 19.7. The first kappa shape index (κ1) is 25.2. The molecule has 3 aromatic rings. The standard InChI is InChI=1S/C25H32N6O2S/c1-30(2)13-14-31(25(33)27-12-6-9-19-7-4-3-5-8-19)16-20-10-11-22(28-15-20)24(32)29-23-18-34-17-21(23)26/h3-5,7-8,10-11,15,17-18H,6,9,12-14,16,26H2,1-2H3,(H,27,33)(H,29,32). The first-order valence-corrected chi connectivity index (χ1v) is 12.2. The van der Waals surface area contributed by atoms with E-state index < -0.39 is 0 Å². The number of nitrogens with zero attached hydrogens (tertiary/aromatic N) is 3. The topological polar surface area (TPSA) is 104 Å². The highest BCUT2D eigenvalue weighted by Gasteiger charge is 2.15. The van der Waals surface area contributed by atoms with Gasteiger partial charge in [0.2, 0.25) is 0 Å². The van der Waals surface area contributed by atoms with Gasteiger partial charge in [-0.15, -0.1) is 11.3 Å². The summed E-state index contributed by atoms with van der Waals surface area (Å²) >= 11 is 1.42. The molecule has 2 heterocycles. The van der Waals surface area contributed by atoms with E-state index in [0.29, 0.717) is 36.7 Å². The minimum atomic E-state index is -0.322. The van der Waals surface area contributed by atoms with Crippen LogP contribution in [0.4, 0.5) is 16.2 Å². The van der Waals surface area contributed by atoms with Gasteiger partial charge in [0, 0.05) is 43.1 Å². The van der Waals surface area contributed by atoms with E-state index in [-0.39, 0.29) is 11.9 Å². The van der Waals surface area contributed by atoms with Crippen molar-refractivity contribution in [2.45, 2.75) is 19.4 Å². The van der Waals surface area contributed by atoms with Crippen molar-refractivity contribution in [1.82, 2.24) is 20.1 Å². The number of nitrogens with two attached hydrogens (primary N) is 1. The van der Waals surface area contributed by atoms with Crippen LogP contribution < -0.4 is 16.4 Å². The number of aromatic nitrogens is 1. The Hall–Kier alpha value is -3.43. The van der Waals surface area contributed by atoms with Gasteiger partial charge in [-0.3, -0.25) is 9.78 Å². The maximum absolute atomic E-state index is 12.9. The number of aryl methyl sites for hydroxylation is 1. The summed E-state index contributed by atoms with van der Waals surface area (Å²) in [5, 5.41) is 9.34. The predicted octanol–water partition coefficient (Wildman–Crippen LogP) is 3.68. The number of likely N-dealkylation sites (N-methyl/N-ethyl adjacent to an activating group) is 1. The fraction of sp³-hybridized carbons (Fsp3) is 0.320. The molecule has 0 fully saturated rings. The van der Waals surface area contributed by atoms with E-state index in [4.69, 9.17) is 5.73 Å². The van der Waals surface area contributed by atoms with Crippen LogP contribution >= 0.6 is 11.3 Å². The molecule has 180 valence electrons. The van der Waals surface area contributed by atoms with Crippen molar-refractivity contribution in [2.24, 2.45) is 0 Å². The third kappa shape index (κ3) is 7.86. The van der Waals surface area contributed by atoms with Gasteiger partial charge in [-0.25, -0.2) is 4.79 Å². The van der Waals surface area contributed by atoms with Crippen molar-refractivity contribution in [2.75, 3.05) is 44.8 Å². The van der Waals surface area contributed by atoms with E-state index in [0.717, 1.165) is 24.9 Å². The van der Waals surface area contributed by atoms with Crippen molar-refractivity contribution >= 4 is 34.6 Å². The second-order valence-electron chi connectivity index (χ2n) is 8.29. The molecule has 0 radical (unpaired) electrons. The summed E-state index contributed by atoms with van der Waals surface area (Å²) in [6, 6.07) is 13.6. The minimum Gasteiger partial charge on any atom is -0.396 e. The van der Waals surface area contributed by atoms with Crippen LogP contribution in [0.25, 0.3) is 0 Å². The molecule has 3 amide bonds. The molecule has 0 aliphatic carbocycles. The molecule has 34 heavy (non-hydrogen) atoms. The lowest BCUT2D eigenvalue weighted by Gasteiger charge is -2.25. The molecule has 8 nitrogen and oxygen atoms in total. The third-order valence-corrected chi connectivity index (χ3v) is 6.00. The molecule has 2 aromatic heterocycles. The Morgan fingerprint density at radius 2 is 1.82 bits per heavy atom. The van der Waals surface area contributed by atoms with Crippen LogP contribution in [0, 0.1) is 0 Å². The number of nitrogens with one attached hydrogen (secondary N) is 2. The van der Waals surface area contributed by atoms with Gasteiger partial charge in [0.25, 0.3) is 5.91 Å². The van der Waals surface area contributed by atoms with Crippen molar-refractivity contribution in [3.05, 3.63) is 76.2 Å². The second kappa shape index (κ2) is 12.7. The lowest BCUT2D eigenvalue weighted by atomic mass is 10.1. The molecular formula is C25H32N6O2S. The highest BCUT2D eigenvalue weighted by atomic mass is 32.1. The van der Waals surface area contributed by atoms with E-state index in [1.165, 1.54) is 16.9 Å². The van der Waals surface area contributed by atoms with Crippen LogP contribution in [0.15, 0.2) is 59.4 Å². The number of thiophene rings is 1. The zero-order chi connectivity index (χ0) is 24.3. The highest BCUT2D eigenvalue weighted by Crippen LogP contribution is 2.23. The van der Waals surface area contributed by atoms with Gasteiger partial charge in [-0.2, -0.15) is 0 Å². The number of carbonyl (C=O) groups excluding carboxylic acids is 2. The maximum Gasteiger partial charge on any atom is 0.317 e. The van der Waals surface area contributed by atoms with Crippen molar-refractivity contribution in [3.8, 4) is 0 Å². The smallest absolute Gasteiger partial charge is 0.317 e. The Balaban J connectivity index is 1.54. The predicted molar refractivity (Wildman–Crippen MR) is 138 cm³/mol. The average Bonchev–Trinajstić information content (AvgIpc) is 3.24. The molecule has 4 N–H and O–H groups in total. The van der Waals surface area contributed by atoms with E-state index in [2.05, 4.69) is 27.8 Å². The van der Waals surface area contributed by atoms with Gasteiger partial charge in [-0.1, -0.05) is 36.4 Å². The van der Waals surface area contributed by atoms with Crippen molar-refractivity contribution in [3.63, 3.8) is 0 Å². The lowest BCUT2D eigenvalue weighted by Crippen LogP contribution is -2.43. The summed E-state index contributed by atoms with van der Waals surface area (Å²) in [5.74, 6) is -0.322. The molecule has 0 saturated carbocycles. The summed E-state index contributed by atoms with van der Waals surface area (Å²) in [6.07, 6.45) is 3.43. The first-order chi connectivity index (χ1) is 16.4. The SMILES string of the molecule is CN(C)CCN(Cc1ccc(C(=O)Nc2cscc2N)nc1)C(=O)NCCCc1ccccc1. The largest absolute Gasteiger partial charge is 0.396 e. The van der Waals surface area contributed by atoms with E-state index in [1.54, 1.807) is 27.9 Å². The van der Waals surface area contributed by atoms with Crippen molar-refractivity contribution in [1.29, 1.82) is 0 Å². The zero-order valence-corrected chi connectivity index (χ0v) is 20.5. The Labute approximate surface area is 204 Å². The monoisotopic (exact) mass is 480 g/mol. The summed E-state index contributed by atoms with van der Waals surface area (Å²) in [4.78, 5) is 33.4. The molecule has 0 unspecified atom stereocenters. The third-order valence-electron chi connectivity index (χ3n) is 5.24. The van der Waals surface area contributed by atoms with Crippen LogP contribution in [-0.2, 0) is 13.0 Å². The van der Waals surface area contributed by atoms with E-state index >= 15 is 0 Å². The van der Waals surface area contributed by atoms with Gasteiger partial charge < -0.3 is 26.2 Å². The first-order valence-electron chi connectivity index (χ1n) is 11.2. The summed E-state index contributed by atoms with van der Waals surface area (Å²) in [7, 11) is 3.95. The Bertz CT molecular complexity index is 1050.